The number of amides is 2. The number of carbonyl (C=O) groups excluding carboxylic acids is 2. The van der Waals surface area contributed by atoms with Gasteiger partial charge in [0.25, 0.3) is 11.5 Å². The number of hydrogen-bond donors (Lipinski definition) is 3. The van der Waals surface area contributed by atoms with Crippen molar-refractivity contribution < 1.29 is 14.3 Å². The lowest BCUT2D eigenvalue weighted by atomic mass is 10.0. The van der Waals surface area contributed by atoms with Crippen LogP contribution in [-0.2, 0) is 22.6 Å². The number of nitrogen functional groups attached to an aromatic ring is 1. The third kappa shape index (κ3) is 5.01. The van der Waals surface area contributed by atoms with Crippen LogP contribution in [0.5, 0.6) is 5.75 Å². The molecule has 1 aliphatic heterocycles. The van der Waals surface area contributed by atoms with E-state index in [4.69, 9.17) is 10.5 Å². The summed E-state index contributed by atoms with van der Waals surface area (Å²) >= 11 is 0. The van der Waals surface area contributed by atoms with Crippen LogP contribution in [0.3, 0.4) is 0 Å². The van der Waals surface area contributed by atoms with Crippen molar-refractivity contribution in [3.63, 3.8) is 0 Å². The fraction of sp³-hybridized carbons (Fsp3) is 0.455. The molecule has 2 heterocycles. The lowest BCUT2D eigenvalue weighted by Gasteiger charge is -2.24. The summed E-state index contributed by atoms with van der Waals surface area (Å²) in [4.78, 5) is 52.8. The van der Waals surface area contributed by atoms with Crippen molar-refractivity contribution >= 4 is 29.0 Å². The zero-order valence-corrected chi connectivity index (χ0v) is 18.4. The Labute approximate surface area is 185 Å². The van der Waals surface area contributed by atoms with E-state index in [0.717, 1.165) is 17.7 Å². The van der Waals surface area contributed by atoms with Crippen LogP contribution in [0, 0.1) is 0 Å². The lowest BCUT2D eigenvalue weighted by Crippen LogP contribution is -2.43. The van der Waals surface area contributed by atoms with E-state index in [2.05, 4.69) is 10.3 Å². The molecule has 0 radical (unpaired) electrons. The van der Waals surface area contributed by atoms with Gasteiger partial charge in [0.05, 0.1) is 0 Å². The molecule has 2 amide bonds. The summed E-state index contributed by atoms with van der Waals surface area (Å²) in [6.07, 6.45) is 3.08. The predicted molar refractivity (Wildman–Crippen MR) is 122 cm³/mol. The number of anilines is 3. The van der Waals surface area contributed by atoms with E-state index < -0.39 is 17.2 Å². The van der Waals surface area contributed by atoms with E-state index in [1.165, 1.54) is 9.47 Å². The Morgan fingerprint density at radius 1 is 1.19 bits per heavy atom. The largest absolute Gasteiger partial charge is 0.484 e. The predicted octanol–water partition coefficient (Wildman–Crippen LogP) is 1.63. The molecule has 0 saturated carbocycles. The molecule has 0 atom stereocenters. The molecule has 4 N–H and O–H groups in total. The first-order chi connectivity index (χ1) is 15.3. The van der Waals surface area contributed by atoms with Crippen LogP contribution in [0.4, 0.5) is 17.2 Å². The molecule has 1 aliphatic rings. The highest BCUT2D eigenvalue weighted by Gasteiger charge is 2.24. The smallest absolute Gasteiger partial charge is 0.330 e. The van der Waals surface area contributed by atoms with Gasteiger partial charge >= 0.3 is 5.69 Å². The van der Waals surface area contributed by atoms with Crippen LogP contribution < -0.4 is 31.9 Å². The molecule has 0 saturated heterocycles. The number of nitrogens with one attached hydrogen (secondary N) is 2. The second-order valence-corrected chi connectivity index (χ2v) is 7.70. The minimum atomic E-state index is -0.700. The summed E-state index contributed by atoms with van der Waals surface area (Å²) in [5.74, 6) is -0.0143. The number of aromatic amines is 1. The van der Waals surface area contributed by atoms with E-state index in [-0.39, 0.29) is 30.6 Å². The van der Waals surface area contributed by atoms with Crippen molar-refractivity contribution in [1.29, 1.82) is 0 Å². The SMILES string of the molecule is CCCCN(C(=O)COc1ccc2c(c1)CCC(=O)N2)c1c(N)n(CCC)c(=O)[nH]c1=O. The minimum Gasteiger partial charge on any atom is -0.484 e. The average Bonchev–Trinajstić information content (AvgIpc) is 2.77. The number of nitrogens with two attached hydrogens (primary N) is 1. The maximum Gasteiger partial charge on any atom is 0.330 e. The van der Waals surface area contributed by atoms with Gasteiger partial charge in [0.1, 0.15) is 11.6 Å². The molecular weight excluding hydrogens is 414 g/mol. The van der Waals surface area contributed by atoms with Crippen molar-refractivity contribution in [3.8, 4) is 5.75 Å². The fourth-order valence-electron chi connectivity index (χ4n) is 3.63. The molecule has 1 aromatic heterocycles. The Balaban J connectivity index is 1.83. The Bertz CT molecular complexity index is 1120. The summed E-state index contributed by atoms with van der Waals surface area (Å²) in [6.45, 7) is 4.14. The van der Waals surface area contributed by atoms with E-state index in [1.54, 1.807) is 18.2 Å². The number of aryl methyl sites for hydroxylation is 1. The van der Waals surface area contributed by atoms with Crippen LogP contribution in [0.1, 0.15) is 45.1 Å². The lowest BCUT2D eigenvalue weighted by molar-refractivity contribution is -0.120. The normalized spacial score (nSPS) is 12.8. The van der Waals surface area contributed by atoms with Crippen molar-refractivity contribution in [2.75, 3.05) is 29.1 Å². The van der Waals surface area contributed by atoms with E-state index in [9.17, 15) is 19.2 Å². The first kappa shape index (κ1) is 23.1. The fourth-order valence-corrected chi connectivity index (χ4v) is 3.63. The molecule has 3 rings (SSSR count). The quantitative estimate of drug-likeness (QED) is 0.538. The Kier molecular flexibility index (Phi) is 7.34. The Hall–Kier alpha value is -3.56. The van der Waals surface area contributed by atoms with Crippen LogP contribution >= 0.6 is 0 Å². The summed E-state index contributed by atoms with van der Waals surface area (Å²) in [5, 5.41) is 2.80. The number of benzene rings is 1. The second-order valence-electron chi connectivity index (χ2n) is 7.70. The van der Waals surface area contributed by atoms with Gasteiger partial charge < -0.3 is 20.7 Å². The van der Waals surface area contributed by atoms with Gasteiger partial charge in [-0.15, -0.1) is 0 Å². The summed E-state index contributed by atoms with van der Waals surface area (Å²) < 4.78 is 6.96. The Morgan fingerprint density at radius 3 is 2.69 bits per heavy atom. The van der Waals surface area contributed by atoms with Gasteiger partial charge in [0, 0.05) is 25.2 Å². The molecular formula is C22H29N5O5. The third-order valence-corrected chi connectivity index (χ3v) is 5.30. The van der Waals surface area contributed by atoms with Gasteiger partial charge in [-0.05, 0) is 43.0 Å². The maximum atomic E-state index is 13.1. The molecule has 10 nitrogen and oxygen atoms in total. The zero-order valence-electron chi connectivity index (χ0n) is 18.4. The van der Waals surface area contributed by atoms with Gasteiger partial charge in [-0.3, -0.25) is 23.9 Å². The molecule has 2 aromatic rings. The maximum absolute atomic E-state index is 13.1. The highest BCUT2D eigenvalue weighted by Crippen LogP contribution is 2.27. The number of carbonyl (C=O) groups is 2. The monoisotopic (exact) mass is 443 g/mol. The standard InChI is InChI=1S/C22H29N5O5/c1-3-5-11-26(19-20(23)27(10-4-2)22(31)25-21(19)30)18(29)13-32-15-7-8-16-14(12-15)6-9-17(28)24-16/h7-8,12H,3-6,9-11,13,23H2,1-2H3,(H,24,28)(H,25,30,31). The summed E-state index contributed by atoms with van der Waals surface area (Å²) in [6, 6.07) is 5.21. The van der Waals surface area contributed by atoms with Gasteiger partial charge in [-0.25, -0.2) is 4.79 Å². The number of nitrogens with zero attached hydrogens (tertiary/aromatic N) is 2. The van der Waals surface area contributed by atoms with E-state index >= 15 is 0 Å². The number of ether oxygens (including phenoxy) is 1. The highest BCUT2D eigenvalue weighted by atomic mass is 16.5. The molecule has 0 unspecified atom stereocenters. The Morgan fingerprint density at radius 2 is 1.97 bits per heavy atom. The van der Waals surface area contributed by atoms with Crippen molar-refractivity contribution in [1.82, 2.24) is 9.55 Å². The molecule has 32 heavy (non-hydrogen) atoms. The molecule has 1 aromatic carbocycles. The number of unbranched alkanes of at least 4 members (excludes halogenated alkanes) is 1. The van der Waals surface area contributed by atoms with Gasteiger partial charge in [-0.2, -0.15) is 0 Å². The van der Waals surface area contributed by atoms with Gasteiger partial charge in [0.15, 0.2) is 12.3 Å². The molecule has 10 heteroatoms. The van der Waals surface area contributed by atoms with Crippen LogP contribution in [0.25, 0.3) is 0 Å². The number of H-pyrrole nitrogens is 1. The van der Waals surface area contributed by atoms with Gasteiger partial charge in [-0.1, -0.05) is 20.3 Å². The van der Waals surface area contributed by atoms with Crippen molar-refractivity contribution in [2.24, 2.45) is 0 Å². The molecule has 0 spiro atoms. The molecule has 0 fully saturated rings. The first-order valence-electron chi connectivity index (χ1n) is 10.8. The molecule has 172 valence electrons. The van der Waals surface area contributed by atoms with E-state index in [1.807, 2.05) is 13.8 Å². The van der Waals surface area contributed by atoms with Crippen LogP contribution in [0.2, 0.25) is 0 Å². The van der Waals surface area contributed by atoms with Crippen LogP contribution in [0.15, 0.2) is 27.8 Å². The summed E-state index contributed by atoms with van der Waals surface area (Å²) in [7, 11) is 0. The molecule has 0 aliphatic carbocycles. The average molecular weight is 444 g/mol. The van der Waals surface area contributed by atoms with Gasteiger partial charge in [0.2, 0.25) is 5.91 Å². The number of aromatic nitrogens is 2. The third-order valence-electron chi connectivity index (χ3n) is 5.30. The van der Waals surface area contributed by atoms with Crippen molar-refractivity contribution in [3.05, 3.63) is 44.6 Å². The first-order valence-corrected chi connectivity index (χ1v) is 10.8. The summed E-state index contributed by atoms with van der Waals surface area (Å²) in [5.41, 5.74) is 6.49. The molecule has 0 bridgehead atoms. The number of rotatable bonds is 9. The zero-order chi connectivity index (χ0) is 23.3. The topological polar surface area (TPSA) is 140 Å². The van der Waals surface area contributed by atoms with E-state index in [0.29, 0.717) is 38.0 Å². The minimum absolute atomic E-state index is 0.0277. The van der Waals surface area contributed by atoms with Crippen LogP contribution in [-0.4, -0.2) is 34.5 Å². The van der Waals surface area contributed by atoms with Crippen molar-refractivity contribution in [2.45, 2.75) is 52.5 Å². The number of fused-ring (bicyclic) bond motifs is 1. The highest BCUT2D eigenvalue weighted by molar-refractivity contribution is 5.96. The second kappa shape index (κ2) is 10.2. The number of hydrogen-bond acceptors (Lipinski definition) is 6.